The first-order chi connectivity index (χ1) is 11.8. The Labute approximate surface area is 150 Å². The van der Waals surface area contributed by atoms with Crippen LogP contribution >= 0.6 is 11.3 Å². The number of aliphatic imine (C=N–C) groups is 1. The summed E-state index contributed by atoms with van der Waals surface area (Å²) >= 11 is 1.72. The van der Waals surface area contributed by atoms with Gasteiger partial charge in [0.2, 0.25) is 0 Å². The van der Waals surface area contributed by atoms with Crippen molar-refractivity contribution in [3.63, 3.8) is 0 Å². The van der Waals surface area contributed by atoms with Crippen LogP contribution in [0.5, 0.6) is 0 Å². The Hall–Kier alpha value is -1.14. The quantitative estimate of drug-likeness (QED) is 0.528. The van der Waals surface area contributed by atoms with Crippen molar-refractivity contribution >= 4 is 17.3 Å². The maximum Gasteiger partial charge on any atom is 0.191 e. The smallest absolute Gasteiger partial charge is 0.191 e. The number of guanidine groups is 1. The fourth-order valence-corrected chi connectivity index (χ4v) is 4.06. The minimum atomic E-state index is 0.383. The topological polar surface area (TPSA) is 58.5 Å². The van der Waals surface area contributed by atoms with Gasteiger partial charge in [-0.25, -0.2) is 4.98 Å². The van der Waals surface area contributed by atoms with Gasteiger partial charge in [0, 0.05) is 25.6 Å². The van der Waals surface area contributed by atoms with Crippen molar-refractivity contribution in [2.24, 2.45) is 10.9 Å². The third kappa shape index (κ3) is 6.06. The molecule has 1 fully saturated rings. The van der Waals surface area contributed by atoms with E-state index in [4.69, 9.17) is 4.74 Å². The Morgan fingerprint density at radius 3 is 2.79 bits per heavy atom. The molecule has 0 aliphatic heterocycles. The predicted octanol–water partition coefficient (Wildman–Crippen LogP) is 3.36. The van der Waals surface area contributed by atoms with Crippen LogP contribution in [-0.4, -0.2) is 37.2 Å². The highest BCUT2D eigenvalue weighted by Crippen LogP contribution is 2.30. The van der Waals surface area contributed by atoms with Crippen LogP contribution < -0.4 is 10.6 Å². The highest BCUT2D eigenvalue weighted by molar-refractivity contribution is 7.09. The molecule has 0 saturated heterocycles. The van der Waals surface area contributed by atoms with Crippen molar-refractivity contribution in [2.75, 3.05) is 20.2 Å². The van der Waals surface area contributed by atoms with Gasteiger partial charge in [0.25, 0.3) is 0 Å². The van der Waals surface area contributed by atoms with Crippen LogP contribution in [0.15, 0.2) is 10.4 Å². The number of aryl methyl sites for hydroxylation is 1. The van der Waals surface area contributed by atoms with Crippen LogP contribution in [-0.2, 0) is 17.7 Å². The number of nitrogens with zero attached hydrogens (tertiary/aromatic N) is 2. The summed E-state index contributed by atoms with van der Waals surface area (Å²) in [5.74, 6) is 1.58. The van der Waals surface area contributed by atoms with E-state index in [2.05, 4.69) is 39.8 Å². The first-order valence-electron chi connectivity index (χ1n) is 9.26. The molecule has 1 saturated carbocycles. The second kappa shape index (κ2) is 10.7. The second-order valence-electron chi connectivity index (χ2n) is 6.27. The standard InChI is InChI=1S/C18H32N4OS/c1-4-17-22-15(13-24-17)12-21-18(19-3)20-11-10-16(23-5-2)14-8-6-7-9-14/h13-14,16H,4-12H2,1-3H3,(H2,19,20,21). The molecular weight excluding hydrogens is 320 g/mol. The van der Waals surface area contributed by atoms with Crippen molar-refractivity contribution in [3.05, 3.63) is 16.1 Å². The van der Waals surface area contributed by atoms with E-state index in [1.165, 1.54) is 30.7 Å². The molecule has 2 N–H and O–H groups in total. The van der Waals surface area contributed by atoms with E-state index in [0.29, 0.717) is 12.6 Å². The average molecular weight is 353 g/mol. The summed E-state index contributed by atoms with van der Waals surface area (Å²) in [4.78, 5) is 8.87. The minimum absolute atomic E-state index is 0.383. The molecule has 1 aliphatic carbocycles. The predicted molar refractivity (Wildman–Crippen MR) is 102 cm³/mol. The first kappa shape index (κ1) is 19.2. The Bertz CT molecular complexity index is 497. The van der Waals surface area contributed by atoms with E-state index < -0.39 is 0 Å². The van der Waals surface area contributed by atoms with Crippen LogP contribution in [0.1, 0.15) is 56.7 Å². The van der Waals surface area contributed by atoms with E-state index in [1.54, 1.807) is 11.3 Å². The molecule has 6 heteroatoms. The molecule has 0 bridgehead atoms. The van der Waals surface area contributed by atoms with Crippen LogP contribution in [0, 0.1) is 5.92 Å². The third-order valence-corrected chi connectivity index (χ3v) is 5.63. The van der Waals surface area contributed by atoms with Crippen LogP contribution in [0.4, 0.5) is 0 Å². The molecule has 1 aromatic rings. The van der Waals surface area contributed by atoms with Gasteiger partial charge in [-0.3, -0.25) is 4.99 Å². The molecule has 2 rings (SSSR count). The van der Waals surface area contributed by atoms with Crippen molar-refractivity contribution < 1.29 is 4.74 Å². The normalized spacial score (nSPS) is 17.2. The lowest BCUT2D eigenvalue weighted by molar-refractivity contribution is 0.0169. The molecule has 0 aromatic carbocycles. The molecule has 1 aliphatic rings. The summed E-state index contributed by atoms with van der Waals surface area (Å²) in [5, 5.41) is 10.0. The van der Waals surface area contributed by atoms with E-state index in [-0.39, 0.29) is 0 Å². The third-order valence-electron chi connectivity index (χ3n) is 4.59. The van der Waals surface area contributed by atoms with Crippen molar-refractivity contribution in [1.29, 1.82) is 0 Å². The number of rotatable bonds is 9. The lowest BCUT2D eigenvalue weighted by atomic mass is 9.98. The van der Waals surface area contributed by atoms with Crippen molar-refractivity contribution in [2.45, 2.75) is 65.0 Å². The maximum absolute atomic E-state index is 5.98. The largest absolute Gasteiger partial charge is 0.378 e. The van der Waals surface area contributed by atoms with Crippen LogP contribution in [0.2, 0.25) is 0 Å². The van der Waals surface area contributed by atoms with E-state index in [9.17, 15) is 0 Å². The van der Waals surface area contributed by atoms with Crippen molar-refractivity contribution in [1.82, 2.24) is 15.6 Å². The van der Waals surface area contributed by atoms with Gasteiger partial charge in [0.1, 0.15) is 0 Å². The van der Waals surface area contributed by atoms with Gasteiger partial charge < -0.3 is 15.4 Å². The molecule has 24 heavy (non-hydrogen) atoms. The van der Waals surface area contributed by atoms with Crippen molar-refractivity contribution in [3.8, 4) is 0 Å². The zero-order valence-electron chi connectivity index (χ0n) is 15.3. The molecule has 0 spiro atoms. The fraction of sp³-hybridized carbons (Fsp3) is 0.778. The minimum Gasteiger partial charge on any atom is -0.378 e. The Kier molecular flexibility index (Phi) is 8.53. The molecule has 1 unspecified atom stereocenters. The molecule has 0 radical (unpaired) electrons. The number of nitrogens with one attached hydrogen (secondary N) is 2. The van der Waals surface area contributed by atoms with Gasteiger partial charge in [-0.15, -0.1) is 11.3 Å². The second-order valence-corrected chi connectivity index (χ2v) is 7.21. The molecule has 1 aromatic heterocycles. The average Bonchev–Trinajstić information content (AvgIpc) is 3.28. The number of ether oxygens (including phenoxy) is 1. The van der Waals surface area contributed by atoms with Gasteiger partial charge in [-0.2, -0.15) is 0 Å². The van der Waals surface area contributed by atoms with Crippen LogP contribution in [0.3, 0.4) is 0 Å². The highest BCUT2D eigenvalue weighted by atomic mass is 32.1. The molecule has 136 valence electrons. The molecule has 1 heterocycles. The summed E-state index contributed by atoms with van der Waals surface area (Å²) in [5.41, 5.74) is 1.08. The monoisotopic (exact) mass is 352 g/mol. The molecular formula is C18H32N4OS. The number of hydrogen-bond acceptors (Lipinski definition) is 4. The van der Waals surface area contributed by atoms with Gasteiger partial charge in [0.15, 0.2) is 5.96 Å². The van der Waals surface area contributed by atoms with E-state index in [0.717, 1.165) is 43.6 Å². The van der Waals surface area contributed by atoms with Gasteiger partial charge in [-0.05, 0) is 38.5 Å². The molecule has 0 amide bonds. The number of aromatic nitrogens is 1. The Morgan fingerprint density at radius 1 is 1.38 bits per heavy atom. The summed E-state index contributed by atoms with van der Waals surface area (Å²) in [7, 11) is 1.81. The zero-order chi connectivity index (χ0) is 17.2. The van der Waals surface area contributed by atoms with Gasteiger partial charge in [0.05, 0.1) is 23.4 Å². The number of hydrogen-bond donors (Lipinski definition) is 2. The summed E-state index contributed by atoms with van der Waals surface area (Å²) in [6.45, 7) is 6.63. The fourth-order valence-electron chi connectivity index (χ4n) is 3.32. The Balaban J connectivity index is 1.71. The lowest BCUT2D eigenvalue weighted by Crippen LogP contribution is -2.39. The maximum atomic E-state index is 5.98. The molecule has 5 nitrogen and oxygen atoms in total. The molecule has 1 atom stereocenters. The van der Waals surface area contributed by atoms with Crippen LogP contribution in [0.25, 0.3) is 0 Å². The highest BCUT2D eigenvalue weighted by Gasteiger charge is 2.25. The van der Waals surface area contributed by atoms with E-state index >= 15 is 0 Å². The number of thiazole rings is 1. The zero-order valence-corrected chi connectivity index (χ0v) is 16.1. The summed E-state index contributed by atoms with van der Waals surface area (Å²) in [6.07, 6.45) is 7.78. The summed E-state index contributed by atoms with van der Waals surface area (Å²) in [6, 6.07) is 0. The van der Waals surface area contributed by atoms with Gasteiger partial charge in [-0.1, -0.05) is 19.8 Å². The Morgan fingerprint density at radius 2 is 2.17 bits per heavy atom. The SMILES string of the molecule is CCOC(CCNC(=NC)NCc1csc(CC)n1)C1CCCC1. The summed E-state index contributed by atoms with van der Waals surface area (Å²) < 4.78 is 5.98. The lowest BCUT2D eigenvalue weighted by Gasteiger charge is -2.24. The first-order valence-corrected chi connectivity index (χ1v) is 10.1. The van der Waals surface area contributed by atoms with E-state index in [1.807, 2.05) is 7.05 Å². The van der Waals surface area contributed by atoms with Gasteiger partial charge >= 0.3 is 0 Å².